The SMILES string of the molecule is Cc1cc2c(cc1C)C(=O)c1c(ccc[n+]1[O-])C2=O. The molecule has 4 heteroatoms. The summed E-state index contributed by atoms with van der Waals surface area (Å²) in [7, 11) is 0. The molecule has 0 aliphatic heterocycles. The predicted octanol–water partition coefficient (Wildman–Crippen LogP) is 1.71. The maximum atomic E-state index is 12.4. The van der Waals surface area contributed by atoms with Crippen LogP contribution in [0.25, 0.3) is 0 Å². The van der Waals surface area contributed by atoms with Crippen LogP contribution >= 0.6 is 0 Å². The number of aryl methyl sites for hydroxylation is 2. The fourth-order valence-corrected chi connectivity index (χ4v) is 2.36. The first-order chi connectivity index (χ1) is 9.00. The molecule has 1 aliphatic rings. The zero-order valence-electron chi connectivity index (χ0n) is 10.6. The van der Waals surface area contributed by atoms with Crippen LogP contribution in [0.1, 0.15) is 43.1 Å². The zero-order chi connectivity index (χ0) is 13.7. The summed E-state index contributed by atoms with van der Waals surface area (Å²) in [5.74, 6) is -0.652. The van der Waals surface area contributed by atoms with Crippen LogP contribution in [0.4, 0.5) is 0 Å². The second kappa shape index (κ2) is 3.75. The highest BCUT2D eigenvalue weighted by molar-refractivity contribution is 6.27. The van der Waals surface area contributed by atoms with Crippen molar-refractivity contribution in [2.75, 3.05) is 0 Å². The summed E-state index contributed by atoms with van der Waals surface area (Å²) in [6.45, 7) is 3.76. The molecule has 0 bridgehead atoms. The fraction of sp³-hybridized carbons (Fsp3) is 0.133. The number of carbonyl (C=O) groups excluding carboxylic acids is 2. The van der Waals surface area contributed by atoms with Gasteiger partial charge in [-0.2, -0.15) is 4.73 Å². The first-order valence-electron chi connectivity index (χ1n) is 5.93. The molecule has 0 unspecified atom stereocenters. The summed E-state index contributed by atoms with van der Waals surface area (Å²) in [5.41, 5.74) is 2.68. The number of carbonyl (C=O) groups is 2. The van der Waals surface area contributed by atoms with E-state index in [1.54, 1.807) is 12.1 Å². The van der Waals surface area contributed by atoms with Crippen LogP contribution in [0, 0.1) is 19.1 Å². The lowest BCUT2D eigenvalue weighted by molar-refractivity contribution is -0.607. The molecule has 19 heavy (non-hydrogen) atoms. The Hall–Kier alpha value is -2.49. The Morgan fingerprint density at radius 3 is 2.16 bits per heavy atom. The van der Waals surface area contributed by atoms with Crippen molar-refractivity contribution in [3.05, 3.63) is 69.2 Å². The van der Waals surface area contributed by atoms with Crippen LogP contribution in [-0.4, -0.2) is 11.6 Å². The smallest absolute Gasteiger partial charge is 0.276 e. The molecule has 0 atom stereocenters. The van der Waals surface area contributed by atoms with Crippen molar-refractivity contribution in [2.24, 2.45) is 0 Å². The number of fused-ring (bicyclic) bond motifs is 2. The van der Waals surface area contributed by atoms with Gasteiger partial charge in [0.2, 0.25) is 5.78 Å². The average molecular weight is 253 g/mol. The molecule has 1 aromatic heterocycles. The van der Waals surface area contributed by atoms with E-state index in [4.69, 9.17) is 0 Å². The Morgan fingerprint density at radius 1 is 0.947 bits per heavy atom. The van der Waals surface area contributed by atoms with E-state index in [1.807, 2.05) is 13.8 Å². The highest BCUT2D eigenvalue weighted by atomic mass is 16.5. The van der Waals surface area contributed by atoms with E-state index in [2.05, 4.69) is 0 Å². The lowest BCUT2D eigenvalue weighted by atomic mass is 9.85. The lowest BCUT2D eigenvalue weighted by Gasteiger charge is -2.17. The number of nitrogens with zero attached hydrogens (tertiary/aromatic N) is 1. The molecule has 1 aliphatic carbocycles. The zero-order valence-corrected chi connectivity index (χ0v) is 10.6. The van der Waals surface area contributed by atoms with E-state index >= 15 is 0 Å². The van der Waals surface area contributed by atoms with Gasteiger partial charge in [-0.25, -0.2) is 0 Å². The second-order valence-corrected chi connectivity index (χ2v) is 4.74. The number of benzene rings is 1. The molecule has 94 valence electrons. The molecule has 2 aromatic rings. The van der Waals surface area contributed by atoms with Gasteiger partial charge in [0, 0.05) is 17.2 Å². The van der Waals surface area contributed by atoms with E-state index in [0.29, 0.717) is 15.9 Å². The highest BCUT2D eigenvalue weighted by Gasteiger charge is 2.36. The molecule has 1 aromatic carbocycles. The van der Waals surface area contributed by atoms with Crippen molar-refractivity contribution in [1.82, 2.24) is 0 Å². The van der Waals surface area contributed by atoms with E-state index < -0.39 is 0 Å². The number of pyridine rings is 1. The monoisotopic (exact) mass is 253 g/mol. The van der Waals surface area contributed by atoms with Gasteiger partial charge in [0.05, 0.1) is 5.56 Å². The van der Waals surface area contributed by atoms with Crippen LogP contribution in [0.3, 0.4) is 0 Å². The van der Waals surface area contributed by atoms with Crippen molar-refractivity contribution >= 4 is 11.6 Å². The number of rotatable bonds is 0. The van der Waals surface area contributed by atoms with E-state index in [1.165, 1.54) is 18.3 Å². The van der Waals surface area contributed by atoms with Crippen LogP contribution in [0.2, 0.25) is 0 Å². The Balaban J connectivity index is 2.36. The largest absolute Gasteiger partial charge is 0.618 e. The maximum absolute atomic E-state index is 12.4. The minimum atomic E-state index is -0.386. The van der Waals surface area contributed by atoms with Crippen molar-refractivity contribution in [3.8, 4) is 0 Å². The van der Waals surface area contributed by atoms with Crippen LogP contribution in [0.5, 0.6) is 0 Å². The third kappa shape index (κ3) is 1.50. The highest BCUT2D eigenvalue weighted by Crippen LogP contribution is 2.27. The van der Waals surface area contributed by atoms with Gasteiger partial charge in [0.25, 0.3) is 11.5 Å². The molecule has 0 radical (unpaired) electrons. The Kier molecular flexibility index (Phi) is 2.29. The van der Waals surface area contributed by atoms with Crippen molar-refractivity contribution in [2.45, 2.75) is 13.8 Å². The molecule has 0 N–H and O–H groups in total. The molecular formula is C15H11NO3. The van der Waals surface area contributed by atoms with Crippen LogP contribution in [-0.2, 0) is 0 Å². The van der Waals surface area contributed by atoms with Crippen molar-refractivity contribution in [3.63, 3.8) is 0 Å². The Morgan fingerprint density at radius 2 is 1.53 bits per heavy atom. The predicted molar refractivity (Wildman–Crippen MR) is 68.2 cm³/mol. The summed E-state index contributed by atoms with van der Waals surface area (Å²) < 4.78 is 0.466. The van der Waals surface area contributed by atoms with Gasteiger partial charge in [-0.3, -0.25) is 9.59 Å². The molecule has 0 saturated carbocycles. The third-order valence-corrected chi connectivity index (χ3v) is 3.54. The van der Waals surface area contributed by atoms with Gasteiger partial charge in [-0.05, 0) is 43.2 Å². The summed E-state index contributed by atoms with van der Waals surface area (Å²) in [5, 5.41) is 11.7. The van der Waals surface area contributed by atoms with Gasteiger partial charge in [0.1, 0.15) is 0 Å². The summed E-state index contributed by atoms with van der Waals surface area (Å²) in [6.07, 6.45) is 1.23. The molecule has 0 saturated heterocycles. The summed E-state index contributed by atoms with van der Waals surface area (Å²) >= 11 is 0. The van der Waals surface area contributed by atoms with E-state index in [0.717, 1.165) is 11.1 Å². The second-order valence-electron chi connectivity index (χ2n) is 4.74. The average Bonchev–Trinajstić information content (AvgIpc) is 2.38. The molecular weight excluding hydrogens is 242 g/mol. The standard InChI is InChI=1S/C15H11NO3/c1-8-6-11-12(7-9(8)2)15(18)13-10(14(11)17)4-3-5-16(13)19/h3-7H,1-2H3. The first-order valence-corrected chi connectivity index (χ1v) is 5.93. The quantitative estimate of drug-likeness (QED) is 0.452. The molecule has 4 nitrogen and oxygen atoms in total. The normalized spacial score (nSPS) is 13.2. The summed E-state index contributed by atoms with van der Waals surface area (Å²) in [6, 6.07) is 6.39. The Bertz CT molecular complexity index is 747. The van der Waals surface area contributed by atoms with Crippen LogP contribution < -0.4 is 4.73 Å². The molecule has 0 amide bonds. The van der Waals surface area contributed by atoms with Crippen LogP contribution in [0.15, 0.2) is 30.5 Å². The third-order valence-electron chi connectivity index (χ3n) is 3.54. The van der Waals surface area contributed by atoms with Gasteiger partial charge in [-0.15, -0.1) is 0 Å². The number of hydrogen-bond donors (Lipinski definition) is 0. The minimum absolute atomic E-state index is 0.0803. The summed E-state index contributed by atoms with van der Waals surface area (Å²) in [4.78, 5) is 24.7. The van der Waals surface area contributed by atoms with Crippen molar-refractivity contribution in [1.29, 1.82) is 0 Å². The number of hydrogen-bond acceptors (Lipinski definition) is 3. The minimum Gasteiger partial charge on any atom is -0.618 e. The molecule has 0 fully saturated rings. The van der Waals surface area contributed by atoms with E-state index in [-0.39, 0.29) is 22.8 Å². The van der Waals surface area contributed by atoms with Gasteiger partial charge in [0.15, 0.2) is 6.20 Å². The molecule has 0 spiro atoms. The lowest BCUT2D eigenvalue weighted by Crippen LogP contribution is -2.39. The van der Waals surface area contributed by atoms with Crippen molar-refractivity contribution < 1.29 is 14.3 Å². The number of ketones is 2. The fourth-order valence-electron chi connectivity index (χ4n) is 2.36. The molecule has 3 rings (SSSR count). The first kappa shape index (κ1) is 11.6. The van der Waals surface area contributed by atoms with Gasteiger partial charge < -0.3 is 5.21 Å². The van der Waals surface area contributed by atoms with E-state index in [9.17, 15) is 14.8 Å². The Labute approximate surface area is 109 Å². The topological polar surface area (TPSA) is 61.1 Å². The molecule has 1 heterocycles. The number of aromatic nitrogens is 1. The van der Waals surface area contributed by atoms with Gasteiger partial charge in [-0.1, -0.05) is 0 Å². The van der Waals surface area contributed by atoms with Gasteiger partial charge >= 0.3 is 0 Å². The maximum Gasteiger partial charge on any atom is 0.276 e.